The quantitative estimate of drug-likeness (QED) is 0.789. The predicted molar refractivity (Wildman–Crippen MR) is 81.6 cm³/mol. The minimum atomic E-state index is -3.86. The molecule has 0 saturated heterocycles. The number of nitrogens with one attached hydrogen (secondary N) is 1. The van der Waals surface area contributed by atoms with Crippen LogP contribution in [0.15, 0.2) is 23.1 Å². The molecule has 116 valence electrons. The maximum absolute atomic E-state index is 14.0. The van der Waals surface area contributed by atoms with E-state index in [1.807, 2.05) is 13.8 Å². The Morgan fingerprint density at radius 1 is 1.38 bits per heavy atom. The summed E-state index contributed by atoms with van der Waals surface area (Å²) in [5.41, 5.74) is 5.64. The second kappa shape index (κ2) is 8.13. The molecule has 6 heteroatoms. The minimum Gasteiger partial charge on any atom is -0.320 e. The number of sulfonamides is 1. The van der Waals surface area contributed by atoms with E-state index in [1.54, 1.807) is 0 Å². The van der Waals surface area contributed by atoms with Crippen LogP contribution in [-0.4, -0.2) is 21.0 Å². The zero-order chi connectivity index (χ0) is 15.9. The molecule has 1 unspecified atom stereocenters. The summed E-state index contributed by atoms with van der Waals surface area (Å²) in [7, 11) is -3.86. The van der Waals surface area contributed by atoms with E-state index in [0.29, 0.717) is 12.0 Å². The van der Waals surface area contributed by atoms with Crippen LogP contribution < -0.4 is 10.5 Å². The van der Waals surface area contributed by atoms with Crippen molar-refractivity contribution < 1.29 is 12.8 Å². The molecule has 21 heavy (non-hydrogen) atoms. The number of nitrogens with two attached hydrogens (primary N) is 1. The summed E-state index contributed by atoms with van der Waals surface area (Å²) >= 11 is 0. The van der Waals surface area contributed by atoms with E-state index in [4.69, 9.17) is 5.73 Å². The Labute approximate surface area is 126 Å². The number of hydrogen-bond acceptors (Lipinski definition) is 3. The molecule has 1 atom stereocenters. The summed E-state index contributed by atoms with van der Waals surface area (Å²) in [6.45, 7) is 4.03. The molecule has 1 rings (SSSR count). The van der Waals surface area contributed by atoms with Crippen LogP contribution in [0.3, 0.4) is 0 Å². The number of benzene rings is 1. The van der Waals surface area contributed by atoms with Gasteiger partial charge in [0.15, 0.2) is 0 Å². The zero-order valence-electron chi connectivity index (χ0n) is 12.3. The average molecular weight is 312 g/mol. The fraction of sp³-hybridized carbons (Fsp3) is 0.467. The molecular weight excluding hydrogens is 291 g/mol. The van der Waals surface area contributed by atoms with Gasteiger partial charge >= 0.3 is 0 Å². The SMILES string of the molecule is CCCC(CC)NS(=O)(=O)c1ccc(C#CCN)cc1F. The van der Waals surface area contributed by atoms with Crippen molar-refractivity contribution in [2.24, 2.45) is 5.73 Å². The lowest BCUT2D eigenvalue weighted by Gasteiger charge is -2.16. The van der Waals surface area contributed by atoms with Gasteiger partial charge in [0.25, 0.3) is 0 Å². The molecule has 0 radical (unpaired) electrons. The lowest BCUT2D eigenvalue weighted by Crippen LogP contribution is -2.34. The third kappa shape index (κ3) is 5.12. The molecule has 0 fully saturated rings. The highest BCUT2D eigenvalue weighted by atomic mass is 32.2. The zero-order valence-corrected chi connectivity index (χ0v) is 13.1. The Balaban J connectivity index is 3.03. The lowest BCUT2D eigenvalue weighted by molar-refractivity contribution is 0.506. The van der Waals surface area contributed by atoms with Crippen molar-refractivity contribution in [3.05, 3.63) is 29.6 Å². The number of hydrogen-bond donors (Lipinski definition) is 2. The molecule has 4 nitrogen and oxygen atoms in total. The summed E-state index contributed by atoms with van der Waals surface area (Å²) in [5.74, 6) is 4.45. The third-order valence-corrected chi connectivity index (χ3v) is 4.56. The van der Waals surface area contributed by atoms with Crippen molar-refractivity contribution in [3.63, 3.8) is 0 Å². The van der Waals surface area contributed by atoms with Crippen molar-refractivity contribution in [1.82, 2.24) is 4.72 Å². The molecule has 0 aromatic heterocycles. The Morgan fingerprint density at radius 2 is 2.10 bits per heavy atom. The maximum atomic E-state index is 14.0. The lowest BCUT2D eigenvalue weighted by atomic mass is 10.1. The van der Waals surface area contributed by atoms with Gasteiger partial charge < -0.3 is 5.73 Å². The fourth-order valence-corrected chi connectivity index (χ4v) is 3.34. The molecule has 0 bridgehead atoms. The monoisotopic (exact) mass is 312 g/mol. The van der Waals surface area contributed by atoms with Crippen LogP contribution in [0.5, 0.6) is 0 Å². The van der Waals surface area contributed by atoms with Crippen LogP contribution in [0.25, 0.3) is 0 Å². The van der Waals surface area contributed by atoms with Gasteiger partial charge in [0.2, 0.25) is 10.0 Å². The van der Waals surface area contributed by atoms with E-state index in [0.717, 1.165) is 18.9 Å². The van der Waals surface area contributed by atoms with E-state index in [2.05, 4.69) is 16.6 Å². The average Bonchev–Trinajstić information content (AvgIpc) is 2.44. The molecule has 0 aliphatic rings. The molecule has 3 N–H and O–H groups in total. The summed E-state index contributed by atoms with van der Waals surface area (Å²) < 4.78 is 41.0. The highest BCUT2D eigenvalue weighted by Crippen LogP contribution is 2.17. The molecule has 0 spiro atoms. The van der Waals surface area contributed by atoms with Crippen molar-refractivity contribution in [2.45, 2.75) is 44.0 Å². The Bertz CT molecular complexity index is 633. The van der Waals surface area contributed by atoms with E-state index in [-0.39, 0.29) is 17.5 Å². The van der Waals surface area contributed by atoms with Crippen LogP contribution in [0.1, 0.15) is 38.7 Å². The van der Waals surface area contributed by atoms with Crippen LogP contribution in [0, 0.1) is 17.7 Å². The smallest absolute Gasteiger partial charge is 0.243 e. The first-order chi connectivity index (χ1) is 9.94. The second-order valence-electron chi connectivity index (χ2n) is 4.67. The summed E-state index contributed by atoms with van der Waals surface area (Å²) in [5, 5.41) is 0. The fourth-order valence-electron chi connectivity index (χ4n) is 1.93. The molecule has 0 aliphatic heterocycles. The molecule has 0 heterocycles. The van der Waals surface area contributed by atoms with Crippen LogP contribution in [0.2, 0.25) is 0 Å². The van der Waals surface area contributed by atoms with Gasteiger partial charge in [0.05, 0.1) is 6.54 Å². The molecule has 0 aliphatic carbocycles. The van der Waals surface area contributed by atoms with Gasteiger partial charge in [-0.05, 0) is 31.0 Å². The first-order valence-corrected chi connectivity index (χ1v) is 8.43. The molecule has 0 amide bonds. The van der Waals surface area contributed by atoms with Crippen molar-refractivity contribution >= 4 is 10.0 Å². The molecule has 1 aromatic rings. The number of halogens is 1. The Morgan fingerprint density at radius 3 is 2.62 bits per heavy atom. The van der Waals surface area contributed by atoms with Gasteiger partial charge in [-0.1, -0.05) is 32.1 Å². The van der Waals surface area contributed by atoms with Gasteiger partial charge in [-0.25, -0.2) is 17.5 Å². The first-order valence-electron chi connectivity index (χ1n) is 6.95. The van der Waals surface area contributed by atoms with E-state index < -0.39 is 15.8 Å². The standard InChI is InChI=1S/C15H21FN2O2S/c1-3-6-13(4-2)18-21(19,20)15-9-8-12(7-5-10-17)11-14(15)16/h8-9,11,13,18H,3-4,6,10,17H2,1-2H3. The highest BCUT2D eigenvalue weighted by Gasteiger charge is 2.22. The topological polar surface area (TPSA) is 72.2 Å². The number of rotatable bonds is 6. The third-order valence-electron chi connectivity index (χ3n) is 3.01. The van der Waals surface area contributed by atoms with Gasteiger partial charge in [-0.15, -0.1) is 0 Å². The van der Waals surface area contributed by atoms with Crippen molar-refractivity contribution in [1.29, 1.82) is 0 Å². The highest BCUT2D eigenvalue weighted by molar-refractivity contribution is 7.89. The normalized spacial score (nSPS) is 12.6. The van der Waals surface area contributed by atoms with E-state index in [9.17, 15) is 12.8 Å². The molecule has 0 saturated carbocycles. The largest absolute Gasteiger partial charge is 0.320 e. The van der Waals surface area contributed by atoms with E-state index in [1.165, 1.54) is 12.1 Å². The first kappa shape index (κ1) is 17.6. The maximum Gasteiger partial charge on any atom is 0.243 e. The van der Waals surface area contributed by atoms with Crippen LogP contribution in [0.4, 0.5) is 4.39 Å². The van der Waals surface area contributed by atoms with Crippen molar-refractivity contribution in [2.75, 3.05) is 6.54 Å². The molecule has 1 aromatic carbocycles. The van der Waals surface area contributed by atoms with Gasteiger partial charge in [-0.2, -0.15) is 0 Å². The molecular formula is C15H21FN2O2S. The Hall–Kier alpha value is -1.42. The second-order valence-corrected chi connectivity index (χ2v) is 6.35. The van der Waals surface area contributed by atoms with Crippen LogP contribution in [-0.2, 0) is 10.0 Å². The summed E-state index contributed by atoms with van der Waals surface area (Å²) in [6.07, 6.45) is 2.24. The Kier molecular flexibility index (Phi) is 6.82. The van der Waals surface area contributed by atoms with Gasteiger partial charge in [-0.3, -0.25) is 0 Å². The predicted octanol–water partition coefficient (Wildman–Crippen LogP) is 1.99. The van der Waals surface area contributed by atoms with Gasteiger partial charge in [0.1, 0.15) is 10.7 Å². The van der Waals surface area contributed by atoms with Gasteiger partial charge in [0, 0.05) is 11.6 Å². The van der Waals surface area contributed by atoms with E-state index >= 15 is 0 Å². The van der Waals surface area contributed by atoms with Crippen molar-refractivity contribution in [3.8, 4) is 11.8 Å². The minimum absolute atomic E-state index is 0.165. The summed E-state index contributed by atoms with van der Waals surface area (Å²) in [6, 6.07) is 3.63. The summed E-state index contributed by atoms with van der Waals surface area (Å²) in [4.78, 5) is -0.352. The van der Waals surface area contributed by atoms with Crippen LogP contribution >= 0.6 is 0 Å².